The van der Waals surface area contributed by atoms with Crippen LogP contribution in [0.3, 0.4) is 0 Å². The molecule has 0 aromatic heterocycles. The zero-order valence-corrected chi connectivity index (χ0v) is 46.8. The van der Waals surface area contributed by atoms with Crippen molar-refractivity contribution >= 4 is 76.9 Å². The number of fused-ring (bicyclic) bond motifs is 2. The Hall–Kier alpha value is -6.93. The molecule has 0 aromatic carbocycles. The molecule has 3 aliphatic heterocycles. The van der Waals surface area contributed by atoms with Gasteiger partial charge < -0.3 is 73.0 Å². The molecule has 3 aliphatic rings. The lowest BCUT2D eigenvalue weighted by molar-refractivity contribution is -0.146. The van der Waals surface area contributed by atoms with Gasteiger partial charge in [0, 0.05) is 26.1 Å². The minimum Gasteiger partial charge on any atom is -0.481 e. The summed E-state index contributed by atoms with van der Waals surface area (Å²) in [7, 11) is 0. The molecule has 0 aromatic rings. The minimum atomic E-state index is -1.85. The highest BCUT2D eigenvalue weighted by atomic mass is 16.4. The van der Waals surface area contributed by atoms with Crippen molar-refractivity contribution in [2.45, 2.75) is 211 Å². The Balaban J connectivity index is 1.94. The molecule has 0 radical (unpaired) electrons. The minimum absolute atomic E-state index is 0.0472. The number of piperidine rings is 1. The largest absolute Gasteiger partial charge is 0.481 e. The molecule has 9 atom stereocenters. The Morgan fingerprint density at radius 1 is 0.537 bits per heavy atom. The molecule has 0 bridgehead atoms. The molecule has 3 fully saturated rings. The third-order valence-electron chi connectivity index (χ3n) is 14.5. The number of carbonyl (C=O) groups excluding carboxylic acids is 11. The maximum atomic E-state index is 14.6. The van der Waals surface area contributed by atoms with Gasteiger partial charge in [0.15, 0.2) is 0 Å². The standard InChI is InChI=1S/C53H87N11O16/c1-5-7-8-9-10-11-12-13-14-15-16-17-23-39(66)60-36-28-54-49(76)38-22-20-25-64(38)53(80)45(32(3)6-2)62-51(78)46(33(4)65)61-42(69)31-56-48(75)35(27-44(72)73)58-40(67)29-55-47(74)34(26-43(70)71)59-41(68)30-57-50(77)37-21-18-19-24-63(37)52(36)79/h32-38,45-46,65H,5-31H2,1-4H3,(H,54,76)(H,55,74)(H,56,75)(H,57,77)(H,58,67)(H,59,68)(H,60,66)(H,61,69)(H,62,78)(H,70,71)(H,72,73)/t32-,33+,34-,35-,36-,37-,38-,45-,46-/m0/s1. The van der Waals surface area contributed by atoms with E-state index in [0.717, 1.165) is 32.1 Å². The predicted molar refractivity (Wildman–Crippen MR) is 287 cm³/mol. The van der Waals surface area contributed by atoms with E-state index in [2.05, 4.69) is 54.8 Å². The van der Waals surface area contributed by atoms with Gasteiger partial charge in [-0.05, 0) is 51.4 Å². The number of nitrogens with one attached hydrogen (secondary N) is 9. The number of aliphatic hydroxyl groups is 1. The monoisotopic (exact) mass is 1130 g/mol. The Morgan fingerprint density at radius 3 is 1.49 bits per heavy atom. The van der Waals surface area contributed by atoms with Gasteiger partial charge in [-0.2, -0.15) is 0 Å². The third-order valence-corrected chi connectivity index (χ3v) is 14.5. The number of hydrogen-bond donors (Lipinski definition) is 12. The van der Waals surface area contributed by atoms with Crippen LogP contribution in [0.25, 0.3) is 0 Å². The van der Waals surface area contributed by atoms with Crippen LogP contribution in [0.1, 0.15) is 163 Å². The second-order valence-corrected chi connectivity index (χ2v) is 21.0. The van der Waals surface area contributed by atoms with Crippen molar-refractivity contribution in [3.63, 3.8) is 0 Å². The zero-order chi connectivity index (χ0) is 59.3. The molecular weight excluding hydrogens is 1050 g/mol. The van der Waals surface area contributed by atoms with Crippen LogP contribution in [0, 0.1) is 5.92 Å². The normalized spacial score (nSPS) is 24.8. The first kappa shape index (κ1) is 67.3. The fourth-order valence-corrected chi connectivity index (χ4v) is 9.74. The first-order valence-electron chi connectivity index (χ1n) is 28.4. The van der Waals surface area contributed by atoms with Gasteiger partial charge in [0.25, 0.3) is 0 Å². The maximum absolute atomic E-state index is 14.6. The third kappa shape index (κ3) is 23.4. The van der Waals surface area contributed by atoms with E-state index >= 15 is 0 Å². The lowest BCUT2D eigenvalue weighted by Gasteiger charge is -2.37. The molecular formula is C53H87N11O16. The van der Waals surface area contributed by atoms with Crippen LogP contribution in [0.4, 0.5) is 0 Å². The highest BCUT2D eigenvalue weighted by Gasteiger charge is 2.42. The van der Waals surface area contributed by atoms with Gasteiger partial charge in [-0.1, -0.05) is 97.8 Å². The van der Waals surface area contributed by atoms with E-state index in [1.807, 2.05) is 0 Å². The van der Waals surface area contributed by atoms with E-state index in [1.54, 1.807) is 13.8 Å². The molecule has 27 nitrogen and oxygen atoms in total. The molecule has 0 spiro atoms. The number of carboxylic acids is 2. The van der Waals surface area contributed by atoms with Crippen molar-refractivity contribution in [1.82, 2.24) is 57.7 Å². The SMILES string of the molecule is CCCCCCCCCCCCCCC(=O)N[C@H]1CNC(=O)[C@@H]2CCCN2C(=O)[C@H]([C@@H](C)CC)NC(=O)[C@H]([C@@H](C)O)NC(=O)CNC(=O)[C@H](CC(=O)O)NC(=O)CNC(=O)[C@H](CC(=O)O)NC(=O)CNC(=O)[C@@H]2CCCCN2C1=O. The molecule has 11 amide bonds. The van der Waals surface area contributed by atoms with Gasteiger partial charge in [0.1, 0.15) is 42.3 Å². The quantitative estimate of drug-likeness (QED) is 0.0596. The zero-order valence-electron chi connectivity index (χ0n) is 46.8. The van der Waals surface area contributed by atoms with Crippen LogP contribution in [-0.4, -0.2) is 190 Å². The van der Waals surface area contributed by atoms with E-state index in [-0.39, 0.29) is 32.4 Å². The van der Waals surface area contributed by atoms with E-state index < -0.39 is 170 Å². The summed E-state index contributed by atoms with van der Waals surface area (Å²) in [5, 5.41) is 50.9. The van der Waals surface area contributed by atoms with E-state index in [1.165, 1.54) is 55.2 Å². The summed E-state index contributed by atoms with van der Waals surface area (Å²) in [6.45, 7) is 3.78. The fraction of sp³-hybridized carbons (Fsp3) is 0.755. The highest BCUT2D eigenvalue weighted by molar-refractivity contribution is 5.99. The Labute approximate surface area is 467 Å². The summed E-state index contributed by atoms with van der Waals surface area (Å²) >= 11 is 0. The number of nitrogens with zero attached hydrogens (tertiary/aromatic N) is 2. The molecule has 3 rings (SSSR count). The molecule has 27 heteroatoms. The van der Waals surface area contributed by atoms with Gasteiger partial charge in [-0.3, -0.25) is 62.3 Å². The molecule has 0 saturated carbocycles. The van der Waals surface area contributed by atoms with Crippen LogP contribution >= 0.6 is 0 Å². The average Bonchev–Trinajstić information content (AvgIpc) is 3.92. The number of aliphatic hydroxyl groups excluding tert-OH is 1. The number of rotatable bonds is 21. The molecule has 12 N–H and O–H groups in total. The molecule has 80 heavy (non-hydrogen) atoms. The van der Waals surface area contributed by atoms with Crippen LogP contribution in [-0.2, 0) is 62.3 Å². The maximum Gasteiger partial charge on any atom is 0.305 e. The summed E-state index contributed by atoms with van der Waals surface area (Å²) in [4.78, 5) is 176. The Bertz CT molecular complexity index is 2160. The second-order valence-electron chi connectivity index (χ2n) is 21.0. The first-order chi connectivity index (χ1) is 38.1. The van der Waals surface area contributed by atoms with Crippen LogP contribution in [0.5, 0.6) is 0 Å². The number of amides is 11. The van der Waals surface area contributed by atoms with E-state index in [4.69, 9.17) is 0 Å². The van der Waals surface area contributed by atoms with E-state index in [9.17, 15) is 77.6 Å². The average molecular weight is 1130 g/mol. The predicted octanol–water partition coefficient (Wildman–Crippen LogP) is -1.27. The second kappa shape index (κ2) is 35.6. The van der Waals surface area contributed by atoms with Crippen molar-refractivity contribution in [3.8, 4) is 0 Å². The first-order valence-corrected chi connectivity index (χ1v) is 28.4. The van der Waals surface area contributed by atoms with Crippen molar-refractivity contribution < 1.29 is 77.6 Å². The van der Waals surface area contributed by atoms with Gasteiger partial charge in [0.2, 0.25) is 65.0 Å². The fourth-order valence-electron chi connectivity index (χ4n) is 9.74. The van der Waals surface area contributed by atoms with Gasteiger partial charge in [-0.15, -0.1) is 0 Å². The van der Waals surface area contributed by atoms with Crippen molar-refractivity contribution in [3.05, 3.63) is 0 Å². The summed E-state index contributed by atoms with van der Waals surface area (Å²) in [6, 6.07) is -10.4. The molecule has 0 aliphatic carbocycles. The van der Waals surface area contributed by atoms with Gasteiger partial charge in [-0.25, -0.2) is 0 Å². The van der Waals surface area contributed by atoms with Gasteiger partial charge in [0.05, 0.1) is 38.6 Å². The number of hydrogen-bond acceptors (Lipinski definition) is 14. The van der Waals surface area contributed by atoms with Crippen LogP contribution in [0.2, 0.25) is 0 Å². The molecule has 3 saturated heterocycles. The summed E-state index contributed by atoms with van der Waals surface area (Å²) < 4.78 is 0. The Kier molecular flexibility index (Phi) is 30.0. The Morgan fingerprint density at radius 2 is 0.988 bits per heavy atom. The topological polar surface area (TPSA) is 397 Å². The van der Waals surface area contributed by atoms with Crippen LogP contribution < -0.4 is 47.9 Å². The summed E-state index contributed by atoms with van der Waals surface area (Å²) in [6.07, 6.45) is 11.3. The summed E-state index contributed by atoms with van der Waals surface area (Å²) in [5.74, 6) is -13.7. The van der Waals surface area contributed by atoms with Crippen molar-refractivity contribution in [2.24, 2.45) is 5.92 Å². The smallest absolute Gasteiger partial charge is 0.305 e. The summed E-state index contributed by atoms with van der Waals surface area (Å²) in [5.41, 5.74) is 0. The number of aliphatic carboxylic acids is 2. The van der Waals surface area contributed by atoms with Crippen molar-refractivity contribution in [1.29, 1.82) is 0 Å². The van der Waals surface area contributed by atoms with E-state index in [0.29, 0.717) is 32.1 Å². The highest BCUT2D eigenvalue weighted by Crippen LogP contribution is 2.23. The number of carbonyl (C=O) groups is 13. The number of unbranched alkanes of at least 4 members (excludes halogenated alkanes) is 11. The molecule has 0 unspecified atom stereocenters. The lowest BCUT2D eigenvalue weighted by Crippen LogP contribution is -2.62. The van der Waals surface area contributed by atoms with Crippen LogP contribution in [0.15, 0.2) is 0 Å². The molecule has 450 valence electrons. The van der Waals surface area contributed by atoms with Crippen molar-refractivity contribution in [2.75, 3.05) is 39.3 Å². The number of carboxylic acid groups (broad SMARTS) is 2. The lowest BCUT2D eigenvalue weighted by atomic mass is 9.96. The molecule has 3 heterocycles. The van der Waals surface area contributed by atoms with Gasteiger partial charge >= 0.3 is 11.9 Å².